The number of carbonyl (C=O) groups is 1. The van der Waals surface area contributed by atoms with Gasteiger partial charge in [-0.3, -0.25) is 5.01 Å². The lowest BCUT2D eigenvalue weighted by Gasteiger charge is -2.27. The first kappa shape index (κ1) is 10.9. The van der Waals surface area contributed by atoms with Crippen molar-refractivity contribution in [3.05, 3.63) is 30.1 Å². The summed E-state index contributed by atoms with van der Waals surface area (Å²) in [6, 6.07) is 5.81. The summed E-state index contributed by atoms with van der Waals surface area (Å²) in [5.41, 5.74) is 3.17. The fraction of sp³-hybridized carbons (Fsp3) is 0.364. The minimum absolute atomic E-state index is 0.208. The largest absolute Gasteiger partial charge is 0.336 e. The maximum Gasteiger partial charge on any atom is 0.336 e. The fourth-order valence-corrected chi connectivity index (χ4v) is 1.61. The van der Waals surface area contributed by atoms with Crippen LogP contribution in [0.15, 0.2) is 24.3 Å². The Morgan fingerprint density at radius 1 is 1.38 bits per heavy atom. The molecule has 2 rings (SSSR count). The molecule has 1 aliphatic rings. The molecule has 1 aliphatic heterocycles. The van der Waals surface area contributed by atoms with Crippen molar-refractivity contribution in [2.24, 2.45) is 0 Å². The summed E-state index contributed by atoms with van der Waals surface area (Å²) in [6.45, 7) is 1.44. The zero-order valence-corrected chi connectivity index (χ0v) is 8.87. The van der Waals surface area contributed by atoms with E-state index in [9.17, 15) is 9.18 Å². The Bertz CT molecular complexity index is 377. The Hall–Kier alpha value is -1.62. The smallest absolute Gasteiger partial charge is 0.304 e. The van der Waals surface area contributed by atoms with Gasteiger partial charge >= 0.3 is 6.03 Å². The Morgan fingerprint density at radius 2 is 2.19 bits per heavy atom. The third-order valence-electron chi connectivity index (χ3n) is 2.47. The van der Waals surface area contributed by atoms with Gasteiger partial charge in [-0.1, -0.05) is 12.1 Å². The molecule has 86 valence electrons. The van der Waals surface area contributed by atoms with Crippen molar-refractivity contribution in [3.63, 3.8) is 0 Å². The van der Waals surface area contributed by atoms with E-state index in [4.69, 9.17) is 0 Å². The molecule has 1 aromatic carbocycles. The second-order valence-corrected chi connectivity index (χ2v) is 3.68. The molecule has 0 unspecified atom stereocenters. The zero-order valence-electron chi connectivity index (χ0n) is 8.87. The van der Waals surface area contributed by atoms with Crippen LogP contribution >= 0.6 is 0 Å². The topological polar surface area (TPSA) is 44.4 Å². The van der Waals surface area contributed by atoms with Gasteiger partial charge in [-0.2, -0.15) is 0 Å². The second kappa shape index (κ2) is 4.94. The SMILES string of the molecule is O=C(Nc1ccccc1F)N1CCCCN1. The van der Waals surface area contributed by atoms with Crippen molar-refractivity contribution in [2.45, 2.75) is 12.8 Å². The molecular formula is C11H14FN3O. The lowest BCUT2D eigenvalue weighted by atomic mass is 10.3. The second-order valence-electron chi connectivity index (χ2n) is 3.68. The Morgan fingerprint density at radius 3 is 2.88 bits per heavy atom. The average Bonchev–Trinajstić information content (AvgIpc) is 2.33. The predicted octanol–water partition coefficient (Wildman–Crippen LogP) is 1.96. The number of nitrogens with zero attached hydrogens (tertiary/aromatic N) is 1. The number of halogens is 1. The van der Waals surface area contributed by atoms with Crippen LogP contribution in [0.25, 0.3) is 0 Å². The number of nitrogens with one attached hydrogen (secondary N) is 2. The first-order chi connectivity index (χ1) is 7.77. The standard InChI is InChI=1S/C11H14FN3O/c12-9-5-1-2-6-10(9)14-11(16)15-8-4-3-7-13-15/h1-2,5-6,13H,3-4,7-8H2,(H,14,16). The molecule has 0 aliphatic carbocycles. The van der Waals surface area contributed by atoms with E-state index in [1.165, 1.54) is 17.1 Å². The first-order valence-corrected chi connectivity index (χ1v) is 5.34. The van der Waals surface area contributed by atoms with Gasteiger partial charge in [-0.15, -0.1) is 0 Å². The van der Waals surface area contributed by atoms with Gasteiger partial charge in [0, 0.05) is 13.1 Å². The normalized spacial score (nSPS) is 15.9. The van der Waals surface area contributed by atoms with Gasteiger partial charge in [0.2, 0.25) is 0 Å². The van der Waals surface area contributed by atoms with Crippen LogP contribution in [0.4, 0.5) is 14.9 Å². The Kier molecular flexibility index (Phi) is 3.36. The summed E-state index contributed by atoms with van der Waals surface area (Å²) in [5, 5.41) is 4.01. The third kappa shape index (κ3) is 2.49. The van der Waals surface area contributed by atoms with Gasteiger partial charge < -0.3 is 5.32 Å². The number of hydrazine groups is 1. The van der Waals surface area contributed by atoms with Crippen LogP contribution in [0.2, 0.25) is 0 Å². The molecule has 0 atom stereocenters. The van der Waals surface area contributed by atoms with Gasteiger partial charge in [0.1, 0.15) is 5.82 Å². The Labute approximate surface area is 93.4 Å². The highest BCUT2D eigenvalue weighted by Gasteiger charge is 2.16. The van der Waals surface area contributed by atoms with E-state index in [2.05, 4.69) is 10.7 Å². The van der Waals surface area contributed by atoms with E-state index in [-0.39, 0.29) is 11.7 Å². The molecule has 16 heavy (non-hydrogen) atoms. The monoisotopic (exact) mass is 223 g/mol. The van der Waals surface area contributed by atoms with Crippen molar-refractivity contribution < 1.29 is 9.18 Å². The highest BCUT2D eigenvalue weighted by atomic mass is 19.1. The zero-order chi connectivity index (χ0) is 11.4. The van der Waals surface area contributed by atoms with Gasteiger partial charge in [0.25, 0.3) is 0 Å². The van der Waals surface area contributed by atoms with Crippen LogP contribution < -0.4 is 10.7 Å². The quantitative estimate of drug-likeness (QED) is 0.764. The van der Waals surface area contributed by atoms with Crippen LogP contribution in [0, 0.1) is 5.82 Å². The van der Waals surface area contributed by atoms with Crippen molar-refractivity contribution in [1.29, 1.82) is 0 Å². The molecule has 5 heteroatoms. The molecule has 1 aromatic rings. The average molecular weight is 223 g/mol. The molecule has 2 N–H and O–H groups in total. The Balaban J connectivity index is 1.99. The molecule has 0 radical (unpaired) electrons. The highest BCUT2D eigenvalue weighted by molar-refractivity contribution is 5.89. The van der Waals surface area contributed by atoms with Crippen LogP contribution in [-0.4, -0.2) is 24.1 Å². The van der Waals surface area contributed by atoms with E-state index in [0.29, 0.717) is 6.54 Å². The summed E-state index contributed by atoms with van der Waals surface area (Å²) in [4.78, 5) is 11.7. The molecule has 1 fully saturated rings. The summed E-state index contributed by atoms with van der Waals surface area (Å²) in [5.74, 6) is -0.423. The molecular weight excluding hydrogens is 209 g/mol. The number of amides is 2. The minimum Gasteiger partial charge on any atom is -0.304 e. The number of urea groups is 1. The molecule has 0 aromatic heterocycles. The van der Waals surface area contributed by atoms with Crippen molar-refractivity contribution in [2.75, 3.05) is 18.4 Å². The number of anilines is 1. The van der Waals surface area contributed by atoms with E-state index < -0.39 is 5.82 Å². The molecule has 1 saturated heterocycles. The number of rotatable bonds is 1. The lowest BCUT2D eigenvalue weighted by Crippen LogP contribution is -2.49. The molecule has 0 bridgehead atoms. The molecule has 1 heterocycles. The lowest BCUT2D eigenvalue weighted by molar-refractivity contribution is 0.166. The van der Waals surface area contributed by atoms with Crippen LogP contribution in [0.5, 0.6) is 0 Å². The van der Waals surface area contributed by atoms with E-state index in [0.717, 1.165) is 19.4 Å². The van der Waals surface area contributed by atoms with Crippen LogP contribution in [0.3, 0.4) is 0 Å². The van der Waals surface area contributed by atoms with Gasteiger partial charge in [-0.05, 0) is 25.0 Å². The highest BCUT2D eigenvalue weighted by Crippen LogP contribution is 2.13. The molecule has 4 nitrogen and oxygen atoms in total. The van der Waals surface area contributed by atoms with Crippen LogP contribution in [-0.2, 0) is 0 Å². The molecule has 0 spiro atoms. The van der Waals surface area contributed by atoms with Crippen molar-refractivity contribution >= 4 is 11.7 Å². The van der Waals surface area contributed by atoms with Crippen LogP contribution in [0.1, 0.15) is 12.8 Å². The third-order valence-corrected chi connectivity index (χ3v) is 2.47. The number of carbonyl (C=O) groups excluding carboxylic acids is 1. The summed E-state index contributed by atoms with van der Waals surface area (Å²) in [7, 11) is 0. The summed E-state index contributed by atoms with van der Waals surface area (Å²) < 4.78 is 13.3. The van der Waals surface area contributed by atoms with E-state index in [1.54, 1.807) is 12.1 Å². The maximum absolute atomic E-state index is 13.3. The van der Waals surface area contributed by atoms with E-state index >= 15 is 0 Å². The number of benzene rings is 1. The van der Waals surface area contributed by atoms with Crippen molar-refractivity contribution in [1.82, 2.24) is 10.4 Å². The van der Waals surface area contributed by atoms with Gasteiger partial charge in [0.05, 0.1) is 5.69 Å². The maximum atomic E-state index is 13.3. The predicted molar refractivity (Wildman–Crippen MR) is 59.4 cm³/mol. The molecule has 0 saturated carbocycles. The van der Waals surface area contributed by atoms with E-state index in [1.807, 2.05) is 0 Å². The van der Waals surface area contributed by atoms with Gasteiger partial charge in [-0.25, -0.2) is 14.6 Å². The molecule has 2 amide bonds. The number of para-hydroxylation sites is 1. The summed E-state index contributed by atoms with van der Waals surface area (Å²) in [6.07, 6.45) is 2.03. The minimum atomic E-state index is -0.423. The summed E-state index contributed by atoms with van der Waals surface area (Å²) >= 11 is 0. The number of hydrogen-bond donors (Lipinski definition) is 2. The fourth-order valence-electron chi connectivity index (χ4n) is 1.61. The number of hydrogen-bond acceptors (Lipinski definition) is 2. The van der Waals surface area contributed by atoms with Crippen molar-refractivity contribution in [3.8, 4) is 0 Å². The first-order valence-electron chi connectivity index (χ1n) is 5.34. The van der Waals surface area contributed by atoms with Gasteiger partial charge in [0.15, 0.2) is 0 Å².